The number of hydrogen-bond acceptors (Lipinski definition) is 3. The van der Waals surface area contributed by atoms with Crippen molar-refractivity contribution >= 4 is 11.9 Å². The fourth-order valence-electron chi connectivity index (χ4n) is 3.49. The molecule has 0 radical (unpaired) electrons. The lowest BCUT2D eigenvalue weighted by Gasteiger charge is -2.21. The first-order valence-corrected chi connectivity index (χ1v) is 9.67. The minimum absolute atomic E-state index is 0.332. The van der Waals surface area contributed by atoms with Crippen molar-refractivity contribution in [3.05, 3.63) is 0 Å². The van der Waals surface area contributed by atoms with Gasteiger partial charge in [-0.3, -0.25) is 9.79 Å². The van der Waals surface area contributed by atoms with E-state index >= 15 is 0 Å². The van der Waals surface area contributed by atoms with Crippen LogP contribution in [-0.4, -0.2) is 74.5 Å². The molecule has 2 rings (SSSR count). The van der Waals surface area contributed by atoms with Crippen LogP contribution in [0, 0.1) is 5.92 Å². The molecule has 138 valence electrons. The number of rotatable bonds is 7. The molecule has 0 spiro atoms. The molecule has 6 nitrogen and oxygen atoms in total. The third-order valence-corrected chi connectivity index (χ3v) is 4.91. The summed E-state index contributed by atoms with van der Waals surface area (Å²) < 4.78 is 0. The van der Waals surface area contributed by atoms with E-state index in [1.807, 2.05) is 4.90 Å². The monoisotopic (exact) mass is 337 g/mol. The Balaban J connectivity index is 1.67. The number of guanidine groups is 1. The summed E-state index contributed by atoms with van der Waals surface area (Å²) in [6.07, 6.45) is 6.35. The molecule has 1 atom stereocenters. The quantitative estimate of drug-likeness (QED) is 0.417. The first-order valence-electron chi connectivity index (χ1n) is 9.67. The van der Waals surface area contributed by atoms with Crippen LogP contribution in [0.5, 0.6) is 0 Å². The summed E-state index contributed by atoms with van der Waals surface area (Å²) in [7, 11) is 2.18. The lowest BCUT2D eigenvalue weighted by Crippen LogP contribution is -2.39. The highest BCUT2D eigenvalue weighted by Gasteiger charge is 2.19. The molecule has 0 aliphatic carbocycles. The van der Waals surface area contributed by atoms with Gasteiger partial charge in [0.1, 0.15) is 0 Å². The molecule has 0 aromatic rings. The molecule has 24 heavy (non-hydrogen) atoms. The molecule has 2 fully saturated rings. The number of nitrogens with zero attached hydrogens (tertiary/aromatic N) is 3. The van der Waals surface area contributed by atoms with Crippen molar-refractivity contribution in [3.63, 3.8) is 0 Å². The number of carbonyl (C=O) groups excluding carboxylic acids is 1. The fraction of sp³-hybridized carbons (Fsp3) is 0.889. The molecule has 6 heteroatoms. The largest absolute Gasteiger partial charge is 0.357 e. The Morgan fingerprint density at radius 2 is 2.12 bits per heavy atom. The van der Waals surface area contributed by atoms with Crippen LogP contribution in [0.15, 0.2) is 4.99 Å². The number of aliphatic imine (C=N–C) groups is 1. The molecule has 2 aliphatic rings. The van der Waals surface area contributed by atoms with E-state index in [0.29, 0.717) is 11.8 Å². The number of likely N-dealkylation sites (tertiary alicyclic amines) is 2. The van der Waals surface area contributed by atoms with Crippen molar-refractivity contribution in [3.8, 4) is 0 Å². The second-order valence-corrected chi connectivity index (χ2v) is 7.11. The Morgan fingerprint density at radius 1 is 1.25 bits per heavy atom. The summed E-state index contributed by atoms with van der Waals surface area (Å²) in [5.74, 6) is 1.92. The van der Waals surface area contributed by atoms with Gasteiger partial charge in [-0.05, 0) is 52.1 Å². The third-order valence-electron chi connectivity index (χ3n) is 4.91. The van der Waals surface area contributed by atoms with Crippen LogP contribution in [0.25, 0.3) is 0 Å². The minimum atomic E-state index is 0.332. The molecule has 2 aliphatic heterocycles. The minimum Gasteiger partial charge on any atom is -0.357 e. The Kier molecular flexibility index (Phi) is 8.36. The second-order valence-electron chi connectivity index (χ2n) is 7.11. The molecule has 0 aromatic carbocycles. The maximum absolute atomic E-state index is 12.0. The van der Waals surface area contributed by atoms with Gasteiger partial charge >= 0.3 is 0 Å². The maximum Gasteiger partial charge on any atom is 0.222 e. The summed E-state index contributed by atoms with van der Waals surface area (Å²) >= 11 is 0. The standard InChI is InChI=1S/C18H35N5O/c1-3-19-18(21-14-16-9-13-22(2)15-16)20-10-7-12-23-11-6-4-5-8-17(23)24/h16H,3-15H2,1-2H3,(H2,19,20,21). The molecule has 2 heterocycles. The highest BCUT2D eigenvalue weighted by Crippen LogP contribution is 2.14. The zero-order chi connectivity index (χ0) is 17.2. The fourth-order valence-corrected chi connectivity index (χ4v) is 3.49. The highest BCUT2D eigenvalue weighted by atomic mass is 16.2. The number of amides is 1. The van der Waals surface area contributed by atoms with E-state index in [2.05, 4.69) is 29.5 Å². The predicted octanol–water partition coefficient (Wildman–Crippen LogP) is 1.29. The van der Waals surface area contributed by atoms with Crippen LogP contribution >= 0.6 is 0 Å². The van der Waals surface area contributed by atoms with Gasteiger partial charge in [0.05, 0.1) is 0 Å². The van der Waals surface area contributed by atoms with Gasteiger partial charge in [0, 0.05) is 45.7 Å². The molecule has 2 saturated heterocycles. The first-order chi connectivity index (χ1) is 11.7. The Morgan fingerprint density at radius 3 is 2.88 bits per heavy atom. The zero-order valence-corrected chi connectivity index (χ0v) is 15.5. The van der Waals surface area contributed by atoms with E-state index in [-0.39, 0.29) is 0 Å². The lowest BCUT2D eigenvalue weighted by atomic mass is 10.1. The summed E-state index contributed by atoms with van der Waals surface area (Å²) in [6.45, 7) is 8.86. The summed E-state index contributed by atoms with van der Waals surface area (Å²) in [6, 6.07) is 0. The van der Waals surface area contributed by atoms with E-state index in [4.69, 9.17) is 4.99 Å². The van der Waals surface area contributed by atoms with Crippen molar-refractivity contribution in [2.24, 2.45) is 10.9 Å². The summed E-state index contributed by atoms with van der Waals surface area (Å²) in [5, 5.41) is 6.73. The van der Waals surface area contributed by atoms with Gasteiger partial charge in [-0.25, -0.2) is 0 Å². The molecule has 0 aromatic heterocycles. The molecular formula is C18H35N5O. The summed E-state index contributed by atoms with van der Waals surface area (Å²) in [5.41, 5.74) is 0. The van der Waals surface area contributed by atoms with Gasteiger partial charge in [0.2, 0.25) is 5.91 Å². The summed E-state index contributed by atoms with van der Waals surface area (Å²) in [4.78, 5) is 21.1. The van der Waals surface area contributed by atoms with Crippen LogP contribution in [-0.2, 0) is 4.79 Å². The SMILES string of the molecule is CCNC(=NCC1CCN(C)C1)NCCCN1CCCCCC1=O. The normalized spacial score (nSPS) is 23.4. The molecule has 2 N–H and O–H groups in total. The third kappa shape index (κ3) is 6.67. The molecular weight excluding hydrogens is 302 g/mol. The van der Waals surface area contributed by atoms with E-state index < -0.39 is 0 Å². The number of hydrogen-bond donors (Lipinski definition) is 2. The second kappa shape index (κ2) is 10.5. The average molecular weight is 338 g/mol. The molecule has 0 saturated carbocycles. The van der Waals surface area contributed by atoms with Crippen LogP contribution in [0.2, 0.25) is 0 Å². The maximum atomic E-state index is 12.0. The van der Waals surface area contributed by atoms with Crippen molar-refractivity contribution < 1.29 is 4.79 Å². The smallest absolute Gasteiger partial charge is 0.222 e. The van der Waals surface area contributed by atoms with Crippen LogP contribution in [0.1, 0.15) is 45.4 Å². The first kappa shape index (κ1) is 19.0. The highest BCUT2D eigenvalue weighted by molar-refractivity contribution is 5.79. The van der Waals surface area contributed by atoms with Crippen molar-refractivity contribution in [2.75, 3.05) is 52.9 Å². The predicted molar refractivity (Wildman–Crippen MR) is 99.3 cm³/mol. The van der Waals surface area contributed by atoms with Crippen molar-refractivity contribution in [2.45, 2.75) is 45.4 Å². The van der Waals surface area contributed by atoms with Crippen molar-refractivity contribution in [1.29, 1.82) is 0 Å². The Hall–Kier alpha value is -1.30. The van der Waals surface area contributed by atoms with Crippen LogP contribution < -0.4 is 10.6 Å². The van der Waals surface area contributed by atoms with Gasteiger partial charge in [-0.15, -0.1) is 0 Å². The Bertz CT molecular complexity index is 412. The van der Waals surface area contributed by atoms with E-state index in [0.717, 1.165) is 70.9 Å². The molecule has 0 bridgehead atoms. The van der Waals surface area contributed by atoms with Gasteiger partial charge in [0.15, 0.2) is 5.96 Å². The van der Waals surface area contributed by atoms with Gasteiger partial charge in [-0.2, -0.15) is 0 Å². The molecule has 1 amide bonds. The van der Waals surface area contributed by atoms with Crippen LogP contribution in [0.3, 0.4) is 0 Å². The lowest BCUT2D eigenvalue weighted by molar-refractivity contribution is -0.130. The number of nitrogens with one attached hydrogen (secondary N) is 2. The van der Waals surface area contributed by atoms with Gasteiger partial charge < -0.3 is 20.4 Å². The molecule has 1 unspecified atom stereocenters. The van der Waals surface area contributed by atoms with E-state index in [1.54, 1.807) is 0 Å². The van der Waals surface area contributed by atoms with E-state index in [9.17, 15) is 4.79 Å². The van der Waals surface area contributed by atoms with Crippen molar-refractivity contribution in [1.82, 2.24) is 20.4 Å². The van der Waals surface area contributed by atoms with Gasteiger partial charge in [-0.1, -0.05) is 6.42 Å². The van der Waals surface area contributed by atoms with Crippen LogP contribution in [0.4, 0.5) is 0 Å². The topological polar surface area (TPSA) is 60.0 Å². The van der Waals surface area contributed by atoms with E-state index in [1.165, 1.54) is 19.4 Å². The zero-order valence-electron chi connectivity index (χ0n) is 15.5. The number of carbonyl (C=O) groups is 1. The average Bonchev–Trinajstić information content (AvgIpc) is 2.87. The van der Waals surface area contributed by atoms with Gasteiger partial charge in [0.25, 0.3) is 0 Å². The Labute approximate surface area is 147 Å².